The lowest BCUT2D eigenvalue weighted by molar-refractivity contribution is -0.122. The fourth-order valence-electron chi connectivity index (χ4n) is 3.00. The van der Waals surface area contributed by atoms with E-state index in [2.05, 4.69) is 15.3 Å². The van der Waals surface area contributed by atoms with Crippen LogP contribution >= 0.6 is 0 Å². The Morgan fingerprint density at radius 2 is 2.25 bits per heavy atom. The van der Waals surface area contributed by atoms with Crippen molar-refractivity contribution in [2.24, 2.45) is 5.92 Å². The van der Waals surface area contributed by atoms with Gasteiger partial charge >= 0.3 is 0 Å². The van der Waals surface area contributed by atoms with Crippen molar-refractivity contribution >= 4 is 5.91 Å². The number of rotatable bonds is 5. The van der Waals surface area contributed by atoms with Gasteiger partial charge in [0.2, 0.25) is 5.91 Å². The van der Waals surface area contributed by atoms with Crippen LogP contribution in [0.25, 0.3) is 5.82 Å². The summed E-state index contributed by atoms with van der Waals surface area (Å²) in [7, 11) is 0. The van der Waals surface area contributed by atoms with Gasteiger partial charge in [-0.3, -0.25) is 9.36 Å². The van der Waals surface area contributed by atoms with Gasteiger partial charge in [0.1, 0.15) is 17.4 Å². The van der Waals surface area contributed by atoms with Crippen molar-refractivity contribution in [2.45, 2.75) is 25.8 Å². The first kappa shape index (κ1) is 14.7. The minimum Gasteiger partial charge on any atom is -0.469 e. The Bertz CT molecular complexity index is 854. The maximum Gasteiger partial charge on any atom is 0.224 e. The summed E-state index contributed by atoms with van der Waals surface area (Å²) in [4.78, 5) is 21.0. The zero-order chi connectivity index (χ0) is 16.5. The summed E-state index contributed by atoms with van der Waals surface area (Å²) in [6.07, 6.45) is 7.85. The highest BCUT2D eigenvalue weighted by molar-refractivity contribution is 5.82. The van der Waals surface area contributed by atoms with Crippen LogP contribution in [0.3, 0.4) is 0 Å². The van der Waals surface area contributed by atoms with Crippen LogP contribution in [-0.2, 0) is 11.3 Å². The first-order valence-corrected chi connectivity index (χ1v) is 7.99. The molecule has 3 aromatic rings. The third-order valence-corrected chi connectivity index (χ3v) is 4.41. The average molecular weight is 322 g/mol. The van der Waals surface area contributed by atoms with Gasteiger partial charge in [-0.25, -0.2) is 9.97 Å². The summed E-state index contributed by atoms with van der Waals surface area (Å²) in [6, 6.07) is 7.63. The summed E-state index contributed by atoms with van der Waals surface area (Å²) in [6.45, 7) is 2.37. The van der Waals surface area contributed by atoms with Crippen molar-refractivity contribution in [3.05, 3.63) is 66.3 Å². The highest BCUT2D eigenvalue weighted by Crippen LogP contribution is 2.47. The smallest absolute Gasteiger partial charge is 0.224 e. The summed E-state index contributed by atoms with van der Waals surface area (Å²) < 4.78 is 7.30. The van der Waals surface area contributed by atoms with Crippen molar-refractivity contribution < 1.29 is 9.21 Å². The molecule has 24 heavy (non-hydrogen) atoms. The van der Waals surface area contributed by atoms with E-state index in [0.717, 1.165) is 29.4 Å². The summed E-state index contributed by atoms with van der Waals surface area (Å²) >= 11 is 0. The molecule has 3 heterocycles. The first-order valence-electron chi connectivity index (χ1n) is 7.99. The lowest BCUT2D eigenvalue weighted by Crippen LogP contribution is -2.25. The van der Waals surface area contributed by atoms with Crippen molar-refractivity contribution in [2.75, 3.05) is 0 Å². The second-order valence-corrected chi connectivity index (χ2v) is 6.01. The average Bonchev–Trinajstić information content (AvgIpc) is 3.01. The van der Waals surface area contributed by atoms with E-state index >= 15 is 0 Å². The van der Waals surface area contributed by atoms with Crippen LogP contribution in [0.2, 0.25) is 0 Å². The fourth-order valence-corrected chi connectivity index (χ4v) is 3.00. The Morgan fingerprint density at radius 1 is 1.33 bits per heavy atom. The number of carbonyl (C=O) groups excluding carboxylic acids is 1. The van der Waals surface area contributed by atoms with E-state index in [4.69, 9.17) is 4.42 Å². The molecule has 1 saturated carbocycles. The third kappa shape index (κ3) is 2.71. The Morgan fingerprint density at radius 3 is 3.00 bits per heavy atom. The molecule has 2 atom stereocenters. The highest BCUT2D eigenvalue weighted by Gasteiger charge is 2.45. The Labute approximate surface area is 139 Å². The van der Waals surface area contributed by atoms with Crippen molar-refractivity contribution in [3.8, 4) is 5.82 Å². The molecular formula is C18H18N4O2. The lowest BCUT2D eigenvalue weighted by atomic mass is 10.2. The minimum absolute atomic E-state index is 0.00579. The molecule has 0 radical (unpaired) electrons. The number of amides is 1. The van der Waals surface area contributed by atoms with Crippen LogP contribution in [0.15, 0.2) is 53.5 Å². The fraction of sp³-hybridized carbons (Fsp3) is 0.278. The van der Waals surface area contributed by atoms with E-state index in [1.54, 1.807) is 18.7 Å². The van der Waals surface area contributed by atoms with Gasteiger partial charge in [-0.2, -0.15) is 0 Å². The van der Waals surface area contributed by atoms with Gasteiger partial charge in [0.25, 0.3) is 0 Å². The van der Waals surface area contributed by atoms with Crippen LogP contribution in [0.5, 0.6) is 0 Å². The van der Waals surface area contributed by atoms with Crippen LogP contribution in [0.4, 0.5) is 0 Å². The van der Waals surface area contributed by atoms with E-state index in [9.17, 15) is 4.79 Å². The normalized spacial score (nSPS) is 19.2. The van der Waals surface area contributed by atoms with Gasteiger partial charge in [0.15, 0.2) is 0 Å². The zero-order valence-electron chi connectivity index (χ0n) is 13.3. The third-order valence-electron chi connectivity index (χ3n) is 4.41. The number of hydrogen-bond acceptors (Lipinski definition) is 4. The SMILES string of the molecule is Cc1nccn1-c1ncccc1CNC(=O)[C@H]1C[C@H]1c1ccco1. The number of aryl methyl sites for hydroxylation is 1. The van der Waals surface area contributed by atoms with Gasteiger partial charge in [-0.15, -0.1) is 0 Å². The molecule has 1 aliphatic carbocycles. The number of nitrogens with zero attached hydrogens (tertiary/aromatic N) is 3. The summed E-state index contributed by atoms with van der Waals surface area (Å²) in [5.74, 6) is 2.84. The molecule has 0 saturated heterocycles. The van der Waals surface area contributed by atoms with Gasteiger partial charge < -0.3 is 9.73 Å². The molecule has 0 aliphatic heterocycles. The van der Waals surface area contributed by atoms with Gasteiger partial charge in [-0.1, -0.05) is 6.07 Å². The van der Waals surface area contributed by atoms with Crippen LogP contribution in [0, 0.1) is 12.8 Å². The lowest BCUT2D eigenvalue weighted by Gasteiger charge is -2.11. The molecule has 0 unspecified atom stereocenters. The van der Waals surface area contributed by atoms with Crippen molar-refractivity contribution in [1.29, 1.82) is 0 Å². The number of carbonyl (C=O) groups is 1. The van der Waals surface area contributed by atoms with E-state index in [1.807, 2.05) is 42.0 Å². The molecule has 122 valence electrons. The highest BCUT2D eigenvalue weighted by atomic mass is 16.3. The molecule has 6 heteroatoms. The van der Waals surface area contributed by atoms with E-state index in [1.165, 1.54) is 0 Å². The van der Waals surface area contributed by atoms with E-state index in [0.29, 0.717) is 6.54 Å². The van der Waals surface area contributed by atoms with Crippen LogP contribution in [-0.4, -0.2) is 20.4 Å². The predicted molar refractivity (Wildman–Crippen MR) is 87.5 cm³/mol. The summed E-state index contributed by atoms with van der Waals surface area (Å²) in [5, 5.41) is 3.02. The monoisotopic (exact) mass is 322 g/mol. The zero-order valence-corrected chi connectivity index (χ0v) is 13.3. The predicted octanol–water partition coefficient (Wildman–Crippen LogP) is 2.59. The Hall–Kier alpha value is -2.89. The molecule has 1 N–H and O–H groups in total. The second-order valence-electron chi connectivity index (χ2n) is 6.01. The van der Waals surface area contributed by atoms with Crippen molar-refractivity contribution in [3.63, 3.8) is 0 Å². The molecule has 1 aliphatic rings. The topological polar surface area (TPSA) is 73.0 Å². The molecule has 0 spiro atoms. The molecule has 3 aromatic heterocycles. The maximum absolute atomic E-state index is 12.4. The van der Waals surface area contributed by atoms with Gasteiger partial charge in [-0.05, 0) is 31.5 Å². The second kappa shape index (κ2) is 5.96. The van der Waals surface area contributed by atoms with E-state index < -0.39 is 0 Å². The molecule has 1 amide bonds. The number of furan rings is 1. The van der Waals surface area contributed by atoms with Gasteiger partial charge in [0.05, 0.1) is 6.26 Å². The molecule has 1 fully saturated rings. The van der Waals surface area contributed by atoms with E-state index in [-0.39, 0.29) is 17.7 Å². The molecule has 0 aromatic carbocycles. The van der Waals surface area contributed by atoms with Crippen LogP contribution < -0.4 is 5.32 Å². The largest absolute Gasteiger partial charge is 0.469 e. The number of nitrogens with one attached hydrogen (secondary N) is 1. The Balaban J connectivity index is 1.44. The standard InChI is InChI=1S/C18H18N4O2/c1-12-19-7-8-22(12)17-13(4-2-6-20-17)11-21-18(23)15-10-14(15)16-5-3-9-24-16/h2-9,14-15H,10-11H2,1H3,(H,21,23)/t14-,15+/m1/s1. The van der Waals surface area contributed by atoms with Crippen molar-refractivity contribution in [1.82, 2.24) is 19.9 Å². The minimum atomic E-state index is 0.00579. The van der Waals surface area contributed by atoms with Crippen LogP contribution in [0.1, 0.15) is 29.5 Å². The first-order chi connectivity index (χ1) is 11.7. The van der Waals surface area contributed by atoms with Gasteiger partial charge in [0, 0.05) is 42.5 Å². The summed E-state index contributed by atoms with van der Waals surface area (Å²) in [5.41, 5.74) is 0.960. The number of aromatic nitrogens is 3. The number of pyridine rings is 1. The molecular weight excluding hydrogens is 304 g/mol. The number of imidazole rings is 1. The quantitative estimate of drug-likeness (QED) is 0.783. The molecule has 0 bridgehead atoms. The number of hydrogen-bond donors (Lipinski definition) is 1. The maximum atomic E-state index is 12.4. The molecule has 4 rings (SSSR count). The Kier molecular flexibility index (Phi) is 3.65. The molecule has 6 nitrogen and oxygen atoms in total.